The van der Waals surface area contributed by atoms with Gasteiger partial charge in [-0.05, 0) is 42.8 Å². The van der Waals surface area contributed by atoms with Gasteiger partial charge < -0.3 is 20.3 Å². The highest BCUT2D eigenvalue weighted by atomic mass is 35.5. The standard InChI is InChI=1S/C19H17ClN2O5/c1-27-11-3-5-14-13(9-11)18(12-4-2-10(20)8-16(12)21-14)22-15(19(25)26)6-7-17(23)24/h2-5,8-9,15H,6-7H2,1H3,(H,21,22)(H,23,24)(H,25,26)/t15-/m0/s1. The average molecular weight is 389 g/mol. The van der Waals surface area contributed by atoms with Gasteiger partial charge in [-0.3, -0.25) is 4.79 Å². The lowest BCUT2D eigenvalue weighted by Crippen LogP contribution is -2.30. The van der Waals surface area contributed by atoms with Crippen molar-refractivity contribution >= 4 is 51.0 Å². The number of hydrogen-bond donors (Lipinski definition) is 3. The molecule has 2 aromatic carbocycles. The van der Waals surface area contributed by atoms with Crippen LogP contribution in [0, 0.1) is 0 Å². The fourth-order valence-corrected chi connectivity index (χ4v) is 3.04. The number of aliphatic carboxylic acids is 2. The third-order valence-electron chi connectivity index (χ3n) is 4.21. The van der Waals surface area contributed by atoms with Crippen LogP contribution in [0.25, 0.3) is 21.8 Å². The number of hydrogen-bond acceptors (Lipinski definition) is 5. The number of ether oxygens (including phenoxy) is 1. The van der Waals surface area contributed by atoms with E-state index in [9.17, 15) is 14.7 Å². The Balaban J connectivity index is 2.19. The summed E-state index contributed by atoms with van der Waals surface area (Å²) in [5.74, 6) is -1.59. The third-order valence-corrected chi connectivity index (χ3v) is 4.44. The highest BCUT2D eigenvalue weighted by Crippen LogP contribution is 2.34. The van der Waals surface area contributed by atoms with Crippen molar-refractivity contribution in [2.24, 2.45) is 0 Å². The average Bonchev–Trinajstić information content (AvgIpc) is 2.63. The van der Waals surface area contributed by atoms with Gasteiger partial charge in [0.1, 0.15) is 11.8 Å². The number of pyridine rings is 1. The fraction of sp³-hybridized carbons (Fsp3) is 0.211. The summed E-state index contributed by atoms with van der Waals surface area (Å²) < 4.78 is 5.27. The summed E-state index contributed by atoms with van der Waals surface area (Å²) >= 11 is 6.07. The molecule has 0 aliphatic carbocycles. The van der Waals surface area contributed by atoms with Crippen molar-refractivity contribution in [1.82, 2.24) is 4.98 Å². The molecule has 3 rings (SSSR count). The maximum atomic E-state index is 11.6. The van der Waals surface area contributed by atoms with Crippen LogP contribution in [0.1, 0.15) is 12.8 Å². The summed E-state index contributed by atoms with van der Waals surface area (Å²) in [5, 5.41) is 23.3. The highest BCUT2D eigenvalue weighted by molar-refractivity contribution is 6.31. The van der Waals surface area contributed by atoms with E-state index in [1.54, 1.807) is 36.4 Å². The monoisotopic (exact) mass is 388 g/mol. The van der Waals surface area contributed by atoms with E-state index in [1.807, 2.05) is 0 Å². The van der Waals surface area contributed by atoms with Crippen LogP contribution in [0.5, 0.6) is 5.75 Å². The molecule has 0 fully saturated rings. The topological polar surface area (TPSA) is 109 Å². The van der Waals surface area contributed by atoms with Crippen molar-refractivity contribution in [1.29, 1.82) is 0 Å². The molecule has 0 radical (unpaired) electrons. The largest absolute Gasteiger partial charge is 0.497 e. The van der Waals surface area contributed by atoms with Gasteiger partial charge in [0, 0.05) is 22.2 Å². The smallest absolute Gasteiger partial charge is 0.326 e. The number of methoxy groups -OCH3 is 1. The van der Waals surface area contributed by atoms with Gasteiger partial charge in [0.25, 0.3) is 0 Å². The number of carboxylic acid groups (broad SMARTS) is 2. The number of carbonyl (C=O) groups is 2. The number of nitrogens with zero attached hydrogens (tertiary/aromatic N) is 1. The molecule has 3 N–H and O–H groups in total. The lowest BCUT2D eigenvalue weighted by atomic mass is 10.0. The first-order valence-corrected chi connectivity index (χ1v) is 8.55. The van der Waals surface area contributed by atoms with Crippen LogP contribution in [0.3, 0.4) is 0 Å². The van der Waals surface area contributed by atoms with Gasteiger partial charge >= 0.3 is 11.9 Å². The van der Waals surface area contributed by atoms with E-state index in [0.717, 1.165) is 0 Å². The summed E-state index contributed by atoms with van der Waals surface area (Å²) in [5.41, 5.74) is 1.78. The summed E-state index contributed by atoms with van der Waals surface area (Å²) in [7, 11) is 1.54. The van der Waals surface area contributed by atoms with E-state index in [1.165, 1.54) is 7.11 Å². The number of fused-ring (bicyclic) bond motifs is 2. The van der Waals surface area contributed by atoms with Crippen molar-refractivity contribution in [3.8, 4) is 5.75 Å². The van der Waals surface area contributed by atoms with Crippen LogP contribution in [-0.2, 0) is 9.59 Å². The van der Waals surface area contributed by atoms with E-state index in [4.69, 9.17) is 21.4 Å². The Morgan fingerprint density at radius 2 is 1.93 bits per heavy atom. The van der Waals surface area contributed by atoms with Crippen molar-refractivity contribution in [2.45, 2.75) is 18.9 Å². The zero-order valence-corrected chi connectivity index (χ0v) is 15.2. The lowest BCUT2D eigenvalue weighted by Gasteiger charge is -2.19. The molecule has 27 heavy (non-hydrogen) atoms. The van der Waals surface area contributed by atoms with Crippen molar-refractivity contribution in [3.63, 3.8) is 0 Å². The maximum absolute atomic E-state index is 11.6. The second kappa shape index (κ2) is 7.67. The number of benzene rings is 2. The van der Waals surface area contributed by atoms with Gasteiger partial charge in [0.15, 0.2) is 0 Å². The van der Waals surface area contributed by atoms with Crippen LogP contribution in [0.15, 0.2) is 36.4 Å². The molecule has 1 atom stereocenters. The predicted molar refractivity (Wildman–Crippen MR) is 103 cm³/mol. The normalized spacial score (nSPS) is 12.1. The van der Waals surface area contributed by atoms with E-state index < -0.39 is 18.0 Å². The van der Waals surface area contributed by atoms with Gasteiger partial charge in [-0.2, -0.15) is 0 Å². The molecule has 1 heterocycles. The van der Waals surface area contributed by atoms with Crippen LogP contribution in [0.4, 0.5) is 5.69 Å². The van der Waals surface area contributed by atoms with Crippen LogP contribution < -0.4 is 10.1 Å². The Labute approximate surface area is 159 Å². The number of nitrogens with one attached hydrogen (secondary N) is 1. The molecule has 0 bridgehead atoms. The molecule has 0 unspecified atom stereocenters. The first-order chi connectivity index (χ1) is 12.9. The lowest BCUT2D eigenvalue weighted by molar-refractivity contribution is -0.139. The van der Waals surface area contributed by atoms with E-state index in [0.29, 0.717) is 38.3 Å². The van der Waals surface area contributed by atoms with E-state index in [2.05, 4.69) is 10.3 Å². The summed E-state index contributed by atoms with van der Waals surface area (Å²) in [6.07, 6.45) is -0.326. The zero-order valence-electron chi connectivity index (χ0n) is 14.4. The van der Waals surface area contributed by atoms with E-state index >= 15 is 0 Å². The van der Waals surface area contributed by atoms with Crippen molar-refractivity contribution in [3.05, 3.63) is 41.4 Å². The quantitative estimate of drug-likeness (QED) is 0.528. The molecule has 0 saturated carbocycles. The first-order valence-electron chi connectivity index (χ1n) is 8.17. The van der Waals surface area contributed by atoms with Crippen LogP contribution in [-0.4, -0.2) is 40.3 Å². The molecule has 3 aromatic rings. The molecule has 0 aliphatic rings. The highest BCUT2D eigenvalue weighted by Gasteiger charge is 2.21. The molecule has 0 spiro atoms. The van der Waals surface area contributed by atoms with Gasteiger partial charge in [0.05, 0.1) is 23.8 Å². The first kappa shape index (κ1) is 18.7. The predicted octanol–water partition coefficient (Wildman–Crippen LogP) is 3.78. The summed E-state index contributed by atoms with van der Waals surface area (Å²) in [6, 6.07) is 9.35. The Morgan fingerprint density at radius 1 is 1.15 bits per heavy atom. The minimum atomic E-state index is -1.13. The molecular formula is C19H17ClN2O5. The number of carboxylic acids is 2. The molecule has 0 amide bonds. The van der Waals surface area contributed by atoms with E-state index in [-0.39, 0.29) is 12.8 Å². The summed E-state index contributed by atoms with van der Waals surface area (Å²) in [6.45, 7) is 0. The number of aromatic nitrogens is 1. The second-order valence-electron chi connectivity index (χ2n) is 6.00. The Hall–Kier alpha value is -3.06. The SMILES string of the molecule is COc1ccc2nc3cc(Cl)ccc3c(N[C@@H](CCC(=O)O)C(=O)O)c2c1. The Bertz CT molecular complexity index is 1040. The maximum Gasteiger partial charge on any atom is 0.326 e. The van der Waals surface area contributed by atoms with Gasteiger partial charge in [0.2, 0.25) is 0 Å². The van der Waals surface area contributed by atoms with Gasteiger partial charge in [-0.15, -0.1) is 0 Å². The fourth-order valence-electron chi connectivity index (χ4n) is 2.88. The Kier molecular flexibility index (Phi) is 5.32. The molecule has 8 heteroatoms. The molecule has 140 valence electrons. The molecule has 0 saturated heterocycles. The van der Waals surface area contributed by atoms with Crippen molar-refractivity contribution in [2.75, 3.05) is 12.4 Å². The van der Waals surface area contributed by atoms with Gasteiger partial charge in [-0.1, -0.05) is 11.6 Å². The minimum absolute atomic E-state index is 0.0620. The van der Waals surface area contributed by atoms with Crippen LogP contribution in [0.2, 0.25) is 5.02 Å². The molecule has 0 aliphatic heterocycles. The zero-order chi connectivity index (χ0) is 19.6. The second-order valence-corrected chi connectivity index (χ2v) is 6.44. The number of halogens is 1. The van der Waals surface area contributed by atoms with Crippen molar-refractivity contribution < 1.29 is 24.5 Å². The number of rotatable bonds is 7. The van der Waals surface area contributed by atoms with Gasteiger partial charge in [-0.25, -0.2) is 9.78 Å². The summed E-state index contributed by atoms with van der Waals surface area (Å²) in [4.78, 5) is 27.1. The molecular weight excluding hydrogens is 372 g/mol. The van der Waals surface area contributed by atoms with Crippen LogP contribution >= 0.6 is 11.6 Å². The molecule has 1 aromatic heterocycles. The minimum Gasteiger partial charge on any atom is -0.497 e. The third kappa shape index (κ3) is 4.03. The molecule has 7 nitrogen and oxygen atoms in total. The Morgan fingerprint density at radius 3 is 2.59 bits per heavy atom. The number of anilines is 1.